The van der Waals surface area contributed by atoms with Gasteiger partial charge in [-0.15, -0.1) is 25.6 Å². The number of hydrogen-bond donors (Lipinski definition) is 1. The Morgan fingerprint density at radius 3 is 2.52 bits per heavy atom. The van der Waals surface area contributed by atoms with Gasteiger partial charge in [0.25, 0.3) is 0 Å². The maximum atomic E-state index is 12.8. The summed E-state index contributed by atoms with van der Waals surface area (Å²) in [5.74, 6) is -0.0919. The molecule has 1 aromatic rings. The van der Waals surface area contributed by atoms with Gasteiger partial charge in [-0.1, -0.05) is 42.1 Å². The molecule has 25 heavy (non-hydrogen) atoms. The van der Waals surface area contributed by atoms with Crippen LogP contribution in [0.15, 0.2) is 22.7 Å². The van der Waals surface area contributed by atoms with Crippen LogP contribution in [0.3, 0.4) is 0 Å². The molecule has 0 bridgehead atoms. The van der Waals surface area contributed by atoms with E-state index in [4.69, 9.17) is 0 Å². The first-order valence-corrected chi connectivity index (χ1v) is 9.20. The van der Waals surface area contributed by atoms with Gasteiger partial charge < -0.3 is 10.1 Å². The molecule has 144 valence electrons. The first-order valence-electron chi connectivity index (χ1n) is 8.40. The van der Waals surface area contributed by atoms with Gasteiger partial charge in [0.1, 0.15) is 5.75 Å². The molecule has 1 fully saturated rings. The van der Waals surface area contributed by atoms with Crippen LogP contribution in [0.2, 0.25) is 0 Å². The molecule has 0 aromatic heterocycles. The van der Waals surface area contributed by atoms with E-state index in [0.29, 0.717) is 5.56 Å². The number of ether oxygens (including phenoxy) is 1. The molecule has 1 heterocycles. The van der Waals surface area contributed by atoms with Gasteiger partial charge in [-0.3, -0.25) is 4.90 Å². The topological polar surface area (TPSA) is 24.5 Å². The van der Waals surface area contributed by atoms with E-state index in [1.54, 1.807) is 12.1 Å². The second-order valence-corrected chi connectivity index (χ2v) is 6.94. The van der Waals surface area contributed by atoms with E-state index in [9.17, 15) is 13.2 Å². The number of rotatable bonds is 7. The van der Waals surface area contributed by atoms with E-state index in [1.165, 1.54) is 6.07 Å². The number of piperazine rings is 1. The lowest BCUT2D eigenvalue weighted by molar-refractivity contribution is -0.275. The van der Waals surface area contributed by atoms with Crippen molar-refractivity contribution >= 4 is 28.3 Å². The minimum Gasteiger partial charge on any atom is -0.405 e. The molecule has 1 aliphatic heterocycles. The predicted octanol–water partition coefficient (Wildman–Crippen LogP) is 5.30. The van der Waals surface area contributed by atoms with Crippen LogP contribution in [-0.4, -0.2) is 37.4 Å². The van der Waals surface area contributed by atoms with Crippen LogP contribution in [0, 0.1) is 0 Å². The molecule has 1 aliphatic rings. The average Bonchev–Trinajstić information content (AvgIpc) is 2.53. The fourth-order valence-electron chi connectivity index (χ4n) is 3.11. The highest BCUT2D eigenvalue weighted by Gasteiger charge is 2.34. The number of alkyl halides is 3. The molecular weight excluding hydrogens is 421 g/mol. The highest BCUT2D eigenvalue weighted by atomic mass is 79.9. The fraction of sp³-hybridized carbons (Fsp3) is 0.647. The molecule has 1 saturated heterocycles. The van der Waals surface area contributed by atoms with Crippen LogP contribution in [0.1, 0.15) is 44.2 Å². The van der Waals surface area contributed by atoms with Crippen LogP contribution in [0.5, 0.6) is 5.75 Å². The van der Waals surface area contributed by atoms with Gasteiger partial charge in [-0.25, -0.2) is 0 Å². The summed E-state index contributed by atoms with van der Waals surface area (Å²) in [6.07, 6.45) is -0.702. The molecule has 0 aliphatic carbocycles. The van der Waals surface area contributed by atoms with Gasteiger partial charge in [-0.05, 0) is 24.6 Å². The van der Waals surface area contributed by atoms with Gasteiger partial charge in [0.05, 0.1) is 0 Å². The third-order valence-electron chi connectivity index (χ3n) is 4.23. The van der Waals surface area contributed by atoms with Crippen LogP contribution in [0.4, 0.5) is 13.2 Å². The van der Waals surface area contributed by atoms with Gasteiger partial charge in [0, 0.05) is 42.3 Å². The Bertz CT molecular complexity index is 525. The maximum Gasteiger partial charge on any atom is 0.573 e. The minimum atomic E-state index is -4.68. The largest absolute Gasteiger partial charge is 0.573 e. The average molecular weight is 446 g/mol. The highest BCUT2D eigenvalue weighted by Crippen LogP contribution is 2.37. The highest BCUT2D eigenvalue weighted by molar-refractivity contribution is 9.10. The van der Waals surface area contributed by atoms with Gasteiger partial charge in [0.15, 0.2) is 0 Å². The van der Waals surface area contributed by atoms with E-state index in [-0.39, 0.29) is 24.2 Å². The summed E-state index contributed by atoms with van der Waals surface area (Å²) in [4.78, 5) is 2.26. The van der Waals surface area contributed by atoms with Crippen LogP contribution < -0.4 is 10.1 Å². The molecule has 8 heteroatoms. The van der Waals surface area contributed by atoms with Crippen molar-refractivity contribution in [1.82, 2.24) is 10.2 Å². The number of benzene rings is 1. The van der Waals surface area contributed by atoms with Crippen LogP contribution in [0.25, 0.3) is 0 Å². The molecule has 0 saturated carbocycles. The summed E-state index contributed by atoms with van der Waals surface area (Å²) in [7, 11) is 0. The van der Waals surface area contributed by atoms with Crippen molar-refractivity contribution in [3.63, 3.8) is 0 Å². The molecule has 2 rings (SSSR count). The summed E-state index contributed by atoms with van der Waals surface area (Å²) >= 11 is 3.38. The summed E-state index contributed by atoms with van der Waals surface area (Å²) < 4.78 is 43.4. The van der Waals surface area contributed by atoms with E-state index >= 15 is 0 Å². The molecule has 0 radical (unpaired) electrons. The van der Waals surface area contributed by atoms with Crippen LogP contribution >= 0.6 is 28.3 Å². The van der Waals surface area contributed by atoms with Crippen molar-refractivity contribution in [3.8, 4) is 5.75 Å². The quantitative estimate of drug-likeness (QED) is 0.577. The van der Waals surface area contributed by atoms with E-state index < -0.39 is 6.36 Å². The van der Waals surface area contributed by atoms with Crippen molar-refractivity contribution < 1.29 is 17.9 Å². The molecule has 0 amide bonds. The number of unbranched alkanes of at least 4 members (excludes halogenated alkanes) is 2. The molecule has 0 spiro atoms. The van der Waals surface area contributed by atoms with Crippen molar-refractivity contribution in [2.75, 3.05) is 26.2 Å². The van der Waals surface area contributed by atoms with E-state index in [2.05, 4.69) is 37.8 Å². The Balaban J connectivity index is 0.00000312. The zero-order valence-corrected chi connectivity index (χ0v) is 16.6. The Labute approximate surface area is 161 Å². The lowest BCUT2D eigenvalue weighted by Crippen LogP contribution is -2.45. The Hall–Kier alpha value is -0.500. The van der Waals surface area contributed by atoms with Crippen molar-refractivity contribution in [2.24, 2.45) is 0 Å². The van der Waals surface area contributed by atoms with Crippen molar-refractivity contribution in [1.29, 1.82) is 0 Å². The second kappa shape index (κ2) is 10.6. The van der Waals surface area contributed by atoms with Crippen molar-refractivity contribution in [2.45, 2.75) is 45.0 Å². The number of halogens is 5. The minimum absolute atomic E-state index is 0. The monoisotopic (exact) mass is 444 g/mol. The standard InChI is InChI=1S/C17H24BrF3N2O.ClH/c1-2-3-4-5-15(23-10-8-22-9-11-23)14-12-13(18)6-7-16(14)24-17(19,20)21;/h6-7,12,15,22H,2-5,8-11H2,1H3;1H/t15-;/m1./s1. The number of hydrogen-bond acceptors (Lipinski definition) is 3. The molecule has 1 N–H and O–H groups in total. The summed E-state index contributed by atoms with van der Waals surface area (Å²) in [6, 6.07) is 4.70. The van der Waals surface area contributed by atoms with Crippen molar-refractivity contribution in [3.05, 3.63) is 28.2 Å². The summed E-state index contributed by atoms with van der Waals surface area (Å²) in [6.45, 7) is 5.49. The predicted molar refractivity (Wildman–Crippen MR) is 99.4 cm³/mol. The van der Waals surface area contributed by atoms with Gasteiger partial charge in [-0.2, -0.15) is 0 Å². The Morgan fingerprint density at radius 2 is 1.92 bits per heavy atom. The number of nitrogens with one attached hydrogen (secondary N) is 1. The normalized spacial score (nSPS) is 17.0. The van der Waals surface area contributed by atoms with Crippen LogP contribution in [-0.2, 0) is 0 Å². The smallest absolute Gasteiger partial charge is 0.405 e. The van der Waals surface area contributed by atoms with E-state index in [0.717, 1.165) is 56.3 Å². The summed E-state index contributed by atoms with van der Waals surface area (Å²) in [5, 5.41) is 3.29. The Morgan fingerprint density at radius 1 is 1.24 bits per heavy atom. The second-order valence-electron chi connectivity index (χ2n) is 6.03. The molecule has 1 atom stereocenters. The lowest BCUT2D eigenvalue weighted by Gasteiger charge is -2.36. The summed E-state index contributed by atoms with van der Waals surface area (Å²) in [5.41, 5.74) is 0.611. The number of nitrogens with zero attached hydrogens (tertiary/aromatic N) is 1. The lowest BCUT2D eigenvalue weighted by atomic mass is 9.97. The molecular formula is C17H25BrClF3N2O. The first kappa shape index (κ1) is 22.5. The first-order chi connectivity index (χ1) is 11.4. The fourth-order valence-corrected chi connectivity index (χ4v) is 3.49. The molecule has 3 nitrogen and oxygen atoms in total. The SMILES string of the molecule is CCCCC[C@H](c1cc(Br)ccc1OC(F)(F)F)N1CCNCC1.Cl. The third-order valence-corrected chi connectivity index (χ3v) is 4.72. The van der Waals surface area contributed by atoms with Gasteiger partial charge in [0.2, 0.25) is 0 Å². The molecule has 0 unspecified atom stereocenters. The van der Waals surface area contributed by atoms with E-state index in [1.807, 2.05) is 0 Å². The maximum absolute atomic E-state index is 12.8. The third kappa shape index (κ3) is 7.33. The zero-order valence-electron chi connectivity index (χ0n) is 14.2. The molecule has 1 aromatic carbocycles. The zero-order chi connectivity index (χ0) is 17.6. The van der Waals surface area contributed by atoms with Gasteiger partial charge >= 0.3 is 6.36 Å². The Kier molecular flexibility index (Phi) is 9.56.